The van der Waals surface area contributed by atoms with Gasteiger partial charge in [-0.25, -0.2) is 13.4 Å². The average molecular weight is 657 g/mol. The molecule has 0 saturated carbocycles. The minimum atomic E-state index is -4.26. The largest absolute Gasteiger partial charge is 0.480 e. The predicted octanol–water partition coefficient (Wildman–Crippen LogP) is 3.74. The zero-order valence-electron chi connectivity index (χ0n) is 26.2. The molecule has 0 radical (unpaired) electrons. The second-order valence-corrected chi connectivity index (χ2v) is 13.1. The predicted molar refractivity (Wildman–Crippen MR) is 179 cm³/mol. The first-order valence-corrected chi connectivity index (χ1v) is 16.5. The molecule has 6 N–H and O–H groups in total. The molecule has 5 aromatic rings. The van der Waals surface area contributed by atoms with E-state index in [4.69, 9.17) is 0 Å². The quantitative estimate of drug-likeness (QED) is 0.111. The number of aromatic amines is 2. The van der Waals surface area contributed by atoms with Crippen molar-refractivity contribution in [3.63, 3.8) is 0 Å². The Morgan fingerprint density at radius 3 is 2.34 bits per heavy atom. The van der Waals surface area contributed by atoms with E-state index >= 15 is 0 Å². The smallest absolute Gasteiger partial charge is 0.323 e. The van der Waals surface area contributed by atoms with Crippen molar-refractivity contribution in [2.24, 2.45) is 0 Å². The molecule has 2 aromatic heterocycles. The van der Waals surface area contributed by atoms with Crippen molar-refractivity contribution in [3.8, 4) is 0 Å². The normalized spacial score (nSPS) is 12.1. The number of hydrogen-bond donors (Lipinski definition) is 6. The maximum absolute atomic E-state index is 13.8. The molecule has 12 nitrogen and oxygen atoms in total. The van der Waals surface area contributed by atoms with Gasteiger partial charge in [-0.2, -0.15) is 4.72 Å². The Labute approximate surface area is 271 Å². The Balaban J connectivity index is 1.42. The number of amides is 1. The van der Waals surface area contributed by atoms with E-state index in [0.717, 1.165) is 16.7 Å². The maximum Gasteiger partial charge on any atom is 0.323 e. The average Bonchev–Trinajstić information content (AvgIpc) is 3.54. The third-order valence-electron chi connectivity index (χ3n) is 7.77. The summed E-state index contributed by atoms with van der Waals surface area (Å²) in [4.78, 5) is 50.0. The molecule has 0 saturated heterocycles. The third-order valence-corrected chi connectivity index (χ3v) is 9.55. The van der Waals surface area contributed by atoms with Crippen LogP contribution in [0.2, 0.25) is 0 Å². The van der Waals surface area contributed by atoms with E-state index in [0.29, 0.717) is 47.7 Å². The third kappa shape index (κ3) is 7.76. The number of fused-ring (bicyclic) bond motifs is 1. The summed E-state index contributed by atoms with van der Waals surface area (Å²) in [5.74, 6) is -1.70. The molecule has 3 aromatic carbocycles. The zero-order chi connectivity index (χ0) is 33.7. The maximum atomic E-state index is 13.8. The number of carbonyl (C=O) groups is 2. The van der Waals surface area contributed by atoms with Crippen molar-refractivity contribution in [3.05, 3.63) is 122 Å². The summed E-state index contributed by atoms with van der Waals surface area (Å²) in [6, 6.07) is 16.5. The van der Waals surface area contributed by atoms with Gasteiger partial charge < -0.3 is 25.7 Å². The van der Waals surface area contributed by atoms with Crippen LogP contribution in [-0.2, 0) is 34.2 Å². The van der Waals surface area contributed by atoms with Crippen LogP contribution in [0.3, 0.4) is 0 Å². The number of nitrogens with one attached hydrogen (secondary N) is 5. The number of aliphatic carboxylic acids is 1. The summed E-state index contributed by atoms with van der Waals surface area (Å²) >= 11 is 0. The van der Waals surface area contributed by atoms with Crippen molar-refractivity contribution in [1.82, 2.24) is 25.0 Å². The first kappa shape index (κ1) is 33.1. The standard InChI is InChI=1S/C34H36N6O6S/c1-20-15-21(2)31(22(3)16-20)47(45,46)40-28(33(43)44)19-37-32(42)29-26(12-10-23-7-5-4-6-8-23)39-27-17-24(9-11-25(27)30(29)41)18-38-34-35-13-14-36-34/h4-9,11,13-17,28,40H,10,12,18-19H2,1-3H3,(H,37,42)(H,39,41)(H,43,44)(H2,35,36,38). The van der Waals surface area contributed by atoms with Crippen LogP contribution in [0.15, 0.2) is 82.7 Å². The van der Waals surface area contributed by atoms with E-state index in [1.165, 1.54) is 0 Å². The summed E-state index contributed by atoms with van der Waals surface area (Å²) < 4.78 is 28.8. The molecule has 47 heavy (non-hydrogen) atoms. The molecule has 1 atom stereocenters. The lowest BCUT2D eigenvalue weighted by molar-refractivity contribution is -0.138. The van der Waals surface area contributed by atoms with E-state index < -0.39 is 39.9 Å². The number of aromatic nitrogens is 3. The highest BCUT2D eigenvalue weighted by Gasteiger charge is 2.29. The Kier molecular flexibility index (Phi) is 9.87. The molecular formula is C34H36N6O6S. The molecule has 5 rings (SSSR count). The van der Waals surface area contributed by atoms with Crippen LogP contribution in [0.5, 0.6) is 0 Å². The van der Waals surface area contributed by atoms with Gasteiger partial charge in [-0.15, -0.1) is 0 Å². The summed E-state index contributed by atoms with van der Waals surface area (Å²) in [6.07, 6.45) is 4.17. The van der Waals surface area contributed by atoms with E-state index in [2.05, 4.69) is 30.3 Å². The molecule has 0 bridgehead atoms. The highest BCUT2D eigenvalue weighted by molar-refractivity contribution is 7.89. The molecule has 0 aliphatic carbocycles. The molecule has 0 spiro atoms. The first-order valence-electron chi connectivity index (χ1n) is 15.0. The number of hydrogen-bond acceptors (Lipinski definition) is 7. The van der Waals surface area contributed by atoms with Crippen LogP contribution in [0.25, 0.3) is 10.9 Å². The number of sulfonamides is 1. The Morgan fingerprint density at radius 2 is 1.68 bits per heavy atom. The molecule has 0 aliphatic heterocycles. The second-order valence-electron chi connectivity index (χ2n) is 11.4. The fraction of sp³-hybridized carbons (Fsp3) is 0.235. The van der Waals surface area contributed by atoms with Crippen LogP contribution in [0.4, 0.5) is 5.95 Å². The van der Waals surface area contributed by atoms with E-state index in [9.17, 15) is 27.9 Å². The number of aryl methyl sites for hydroxylation is 5. The van der Waals surface area contributed by atoms with Crippen LogP contribution in [-0.4, -0.2) is 52.9 Å². The SMILES string of the molecule is Cc1cc(C)c(S(=O)(=O)NC(CNC(=O)c2c(CCc3ccccc3)[nH]c3cc(CNc4ncc[nH]4)ccc3c2=O)C(=O)O)c(C)c1. The molecule has 244 valence electrons. The number of benzene rings is 3. The van der Waals surface area contributed by atoms with Gasteiger partial charge in [0.15, 0.2) is 5.95 Å². The Morgan fingerprint density at radius 1 is 0.957 bits per heavy atom. The molecule has 2 heterocycles. The Bertz CT molecular complexity index is 2070. The van der Waals surface area contributed by atoms with Crippen LogP contribution >= 0.6 is 0 Å². The number of pyridine rings is 1. The first-order chi connectivity index (χ1) is 22.4. The van der Waals surface area contributed by atoms with Gasteiger partial charge >= 0.3 is 5.97 Å². The molecule has 1 amide bonds. The number of imidazole rings is 1. The number of carbonyl (C=O) groups excluding carboxylic acids is 1. The fourth-order valence-electron chi connectivity index (χ4n) is 5.69. The molecular weight excluding hydrogens is 620 g/mol. The van der Waals surface area contributed by atoms with Gasteiger partial charge in [0.05, 0.1) is 4.90 Å². The number of rotatable bonds is 13. The molecule has 0 aliphatic rings. The number of carboxylic acid groups (broad SMARTS) is 1. The van der Waals surface area contributed by atoms with E-state index in [1.54, 1.807) is 50.5 Å². The van der Waals surface area contributed by atoms with Gasteiger partial charge in [-0.1, -0.05) is 54.1 Å². The fourth-order valence-corrected chi connectivity index (χ4v) is 7.33. The molecule has 1 unspecified atom stereocenters. The summed E-state index contributed by atoms with van der Waals surface area (Å²) in [7, 11) is -4.26. The highest BCUT2D eigenvalue weighted by atomic mass is 32.2. The van der Waals surface area contributed by atoms with Crippen molar-refractivity contribution in [2.45, 2.75) is 51.1 Å². The second kappa shape index (κ2) is 14.0. The van der Waals surface area contributed by atoms with Crippen molar-refractivity contribution >= 4 is 38.8 Å². The van der Waals surface area contributed by atoms with Crippen molar-refractivity contribution in [1.29, 1.82) is 0 Å². The van der Waals surface area contributed by atoms with Gasteiger partial charge in [0, 0.05) is 42.1 Å². The van der Waals surface area contributed by atoms with E-state index in [1.807, 2.05) is 43.3 Å². The Hall–Kier alpha value is -5.27. The summed E-state index contributed by atoms with van der Waals surface area (Å²) in [6.45, 7) is 4.94. The van der Waals surface area contributed by atoms with Crippen LogP contribution < -0.4 is 20.8 Å². The highest BCUT2D eigenvalue weighted by Crippen LogP contribution is 2.22. The van der Waals surface area contributed by atoms with Crippen LogP contribution in [0, 0.1) is 20.8 Å². The number of nitrogens with zero attached hydrogens (tertiary/aromatic N) is 1. The van der Waals surface area contributed by atoms with Crippen molar-refractivity contribution in [2.75, 3.05) is 11.9 Å². The van der Waals surface area contributed by atoms with Crippen LogP contribution in [0.1, 0.15) is 43.9 Å². The lowest BCUT2D eigenvalue weighted by Gasteiger charge is -2.19. The van der Waals surface area contributed by atoms with Gasteiger partial charge in [0.2, 0.25) is 15.5 Å². The summed E-state index contributed by atoms with van der Waals surface area (Å²) in [5, 5.41) is 15.8. The van der Waals surface area contributed by atoms with E-state index in [-0.39, 0.29) is 15.8 Å². The topological polar surface area (TPSA) is 186 Å². The number of anilines is 1. The van der Waals surface area contributed by atoms with Crippen molar-refractivity contribution < 1.29 is 23.1 Å². The summed E-state index contributed by atoms with van der Waals surface area (Å²) in [5.41, 5.74) is 3.89. The van der Waals surface area contributed by atoms with Gasteiger partial charge in [0.1, 0.15) is 11.6 Å². The zero-order valence-corrected chi connectivity index (χ0v) is 27.0. The molecule has 13 heteroatoms. The van der Waals surface area contributed by atoms with Gasteiger partial charge in [-0.3, -0.25) is 14.4 Å². The number of H-pyrrole nitrogens is 2. The lowest BCUT2D eigenvalue weighted by Crippen LogP contribution is -2.49. The van der Waals surface area contributed by atoms with Gasteiger partial charge in [-0.05, 0) is 68.0 Å². The monoisotopic (exact) mass is 656 g/mol. The van der Waals surface area contributed by atoms with Gasteiger partial charge in [0.25, 0.3) is 5.91 Å². The number of carboxylic acids is 1. The minimum absolute atomic E-state index is 0.0198. The minimum Gasteiger partial charge on any atom is -0.480 e. The molecule has 0 fully saturated rings. The lowest BCUT2D eigenvalue weighted by atomic mass is 10.0.